The second kappa shape index (κ2) is 19.8. The number of ether oxygens (including phenoxy) is 10. The Morgan fingerprint density at radius 2 is 1.63 bits per heavy atom. The number of carbonyl (C=O) groups excluding carboxylic acids is 1. The van der Waals surface area contributed by atoms with Crippen molar-refractivity contribution >= 4 is 5.97 Å². The number of fused-ring (bicyclic) bond motifs is 2. The van der Waals surface area contributed by atoms with Crippen LogP contribution in [0, 0.1) is 23.7 Å². The molecule has 14 heteroatoms. The van der Waals surface area contributed by atoms with Gasteiger partial charge in [0.05, 0.1) is 49.3 Å². The van der Waals surface area contributed by atoms with E-state index in [0.717, 1.165) is 18.4 Å². The summed E-state index contributed by atoms with van der Waals surface area (Å²) in [5, 5.41) is 34.2. The summed E-state index contributed by atoms with van der Waals surface area (Å²) in [5.41, 5.74) is 0.188. The molecule has 2 bridgehead atoms. The van der Waals surface area contributed by atoms with E-state index < -0.39 is 90.8 Å². The normalized spacial score (nSPS) is 49.4. The van der Waals surface area contributed by atoms with Crippen LogP contribution < -0.4 is 0 Å². The summed E-state index contributed by atoms with van der Waals surface area (Å²) in [7, 11) is 3.23. The number of esters is 1. The topological polar surface area (TPSA) is 170 Å². The monoisotopic (exact) mass is 875 g/mol. The van der Waals surface area contributed by atoms with E-state index in [4.69, 9.17) is 47.4 Å². The molecule has 20 atom stereocenters. The van der Waals surface area contributed by atoms with Crippen LogP contribution in [0.2, 0.25) is 0 Å². The first-order chi connectivity index (χ1) is 29.5. The van der Waals surface area contributed by atoms with E-state index in [1.165, 1.54) is 0 Å². The van der Waals surface area contributed by atoms with E-state index in [2.05, 4.69) is 40.7 Å². The van der Waals surface area contributed by atoms with Crippen molar-refractivity contribution in [3.05, 3.63) is 47.1 Å². The summed E-state index contributed by atoms with van der Waals surface area (Å²) in [6.45, 7) is 16.3. The third-order valence-corrected chi connectivity index (χ3v) is 14.9. The first kappa shape index (κ1) is 47.9. The van der Waals surface area contributed by atoms with Gasteiger partial charge in [0.25, 0.3) is 0 Å². The Balaban J connectivity index is 1.18. The fraction of sp³-hybridized carbons (Fsp3) is 0.812. The van der Waals surface area contributed by atoms with Crippen molar-refractivity contribution in [3.8, 4) is 0 Å². The van der Waals surface area contributed by atoms with Gasteiger partial charge in [-0.3, -0.25) is 4.79 Å². The second-order valence-electron chi connectivity index (χ2n) is 19.4. The SMILES string of the molecule is CC[C@H](C)[C@H]1O[C@]2(CC[C@@H]1C)C[C@@H]1C[C@@H](C/C=C(\C)[C@@H](O[C@H]3C[C@H](OC)[C@@H](O[C@H]4C[C@H](OC)[C@@H](O)[C@H](C)O4)[C@H](C)O3)[C@@H](C)/C=C/C=C3\CO[C@@H]4[C@H](O)C(C)=CC(C(=O)O1)[C@]34O)O2. The molecule has 62 heavy (non-hydrogen) atoms. The zero-order chi connectivity index (χ0) is 44.7. The first-order valence-electron chi connectivity index (χ1n) is 23.2. The summed E-state index contributed by atoms with van der Waals surface area (Å²) < 4.78 is 63.9. The lowest BCUT2D eigenvalue weighted by Crippen LogP contribution is -2.58. The number of allylic oxidation sites excluding steroid dienone is 2. The maximum absolute atomic E-state index is 14.4. The van der Waals surface area contributed by atoms with Crippen LogP contribution in [0.5, 0.6) is 0 Å². The zero-order valence-electron chi connectivity index (χ0n) is 38.5. The van der Waals surface area contributed by atoms with Crippen LogP contribution in [-0.2, 0) is 52.2 Å². The summed E-state index contributed by atoms with van der Waals surface area (Å²) >= 11 is 0. The van der Waals surface area contributed by atoms with Gasteiger partial charge in [-0.05, 0) is 69.1 Å². The van der Waals surface area contributed by atoms with Gasteiger partial charge in [0.2, 0.25) is 0 Å². The number of hydrogen-bond donors (Lipinski definition) is 3. The number of aliphatic hydroxyl groups excluding tert-OH is 2. The Labute approximate surface area is 368 Å². The predicted molar refractivity (Wildman–Crippen MR) is 227 cm³/mol. The van der Waals surface area contributed by atoms with Crippen molar-refractivity contribution in [2.45, 2.75) is 204 Å². The molecule has 0 radical (unpaired) electrons. The van der Waals surface area contributed by atoms with Gasteiger partial charge in [0.1, 0.15) is 42.0 Å². The van der Waals surface area contributed by atoms with Crippen LogP contribution in [0.15, 0.2) is 47.1 Å². The highest BCUT2D eigenvalue weighted by molar-refractivity contribution is 5.78. The third-order valence-electron chi connectivity index (χ3n) is 14.9. The number of aliphatic hydroxyl groups is 3. The maximum Gasteiger partial charge on any atom is 0.316 e. The highest BCUT2D eigenvalue weighted by Gasteiger charge is 2.60. The van der Waals surface area contributed by atoms with E-state index in [9.17, 15) is 20.1 Å². The van der Waals surface area contributed by atoms with Gasteiger partial charge in [0, 0.05) is 52.2 Å². The molecule has 350 valence electrons. The molecule has 3 N–H and O–H groups in total. The molecule has 14 nitrogen and oxygen atoms in total. The lowest BCUT2D eigenvalue weighted by molar-refractivity contribution is -0.340. The van der Waals surface area contributed by atoms with Crippen molar-refractivity contribution in [1.29, 1.82) is 0 Å². The standard InChI is InChI=1S/C48H74O14/c1-11-25(2)43-28(5)17-18-47(62-43)23-34-20-33(61-47)16-15-27(4)42(26(3)13-12-14-32-24-55-45-40(49)29(6)19-35(46(51)58-34)48(32,45)52)59-39-22-37(54-10)44(31(8)57-39)60-38-21-36(53-9)41(50)30(7)56-38/h12-15,19,25-26,28,30-31,33-45,49-50,52H,11,16-18,20-24H2,1-10H3/b13-12+,27-15+,32-14+/t25-,26-,28-,30-,31-,33+,34-,35?,36-,37-,38-,39-,40+,41-,42-,43+,44-,45+,47+,48+/m0/s1. The summed E-state index contributed by atoms with van der Waals surface area (Å²) in [6.07, 6.45) is 6.53. The highest BCUT2D eigenvalue weighted by atomic mass is 16.7. The Bertz CT molecular complexity index is 1680. The Hall–Kier alpha value is -2.05. The molecule has 5 saturated heterocycles. The van der Waals surface area contributed by atoms with Crippen LogP contribution in [0.3, 0.4) is 0 Å². The van der Waals surface area contributed by atoms with Crippen molar-refractivity contribution < 1.29 is 67.5 Å². The van der Waals surface area contributed by atoms with Gasteiger partial charge in [0.15, 0.2) is 18.4 Å². The molecular weight excluding hydrogens is 801 g/mol. The Morgan fingerprint density at radius 1 is 0.919 bits per heavy atom. The minimum Gasteiger partial charge on any atom is -0.462 e. The van der Waals surface area contributed by atoms with Gasteiger partial charge in [-0.15, -0.1) is 0 Å². The van der Waals surface area contributed by atoms with Gasteiger partial charge in [-0.2, -0.15) is 0 Å². The Morgan fingerprint density at radius 3 is 2.35 bits per heavy atom. The minimum absolute atomic E-state index is 0.00708. The quantitative estimate of drug-likeness (QED) is 0.204. The van der Waals surface area contributed by atoms with E-state index in [1.807, 2.05) is 19.1 Å². The van der Waals surface area contributed by atoms with E-state index in [1.54, 1.807) is 40.2 Å². The van der Waals surface area contributed by atoms with Crippen molar-refractivity contribution in [3.63, 3.8) is 0 Å². The molecule has 6 heterocycles. The second-order valence-corrected chi connectivity index (χ2v) is 19.4. The smallest absolute Gasteiger partial charge is 0.316 e. The minimum atomic E-state index is -1.82. The van der Waals surface area contributed by atoms with Crippen molar-refractivity contribution in [2.75, 3.05) is 20.8 Å². The predicted octanol–water partition coefficient (Wildman–Crippen LogP) is 5.60. The molecule has 0 aromatic rings. The summed E-state index contributed by atoms with van der Waals surface area (Å²) in [6, 6.07) is 0. The maximum atomic E-state index is 14.4. The molecule has 0 amide bonds. The summed E-state index contributed by atoms with van der Waals surface area (Å²) in [5.74, 6) is -2.10. The molecule has 1 spiro atoms. The lowest BCUT2D eigenvalue weighted by Gasteiger charge is -2.51. The van der Waals surface area contributed by atoms with Crippen molar-refractivity contribution in [2.24, 2.45) is 23.7 Å². The zero-order valence-corrected chi connectivity index (χ0v) is 38.5. The van der Waals surface area contributed by atoms with E-state index >= 15 is 0 Å². The average Bonchev–Trinajstić information content (AvgIpc) is 3.58. The molecule has 5 fully saturated rings. The molecule has 0 aromatic heterocycles. The van der Waals surface area contributed by atoms with E-state index in [-0.39, 0.29) is 30.8 Å². The molecule has 0 saturated carbocycles. The summed E-state index contributed by atoms with van der Waals surface area (Å²) in [4.78, 5) is 14.4. The van der Waals surface area contributed by atoms with Crippen LogP contribution in [0.4, 0.5) is 0 Å². The largest absolute Gasteiger partial charge is 0.462 e. The Kier molecular flexibility index (Phi) is 15.3. The number of hydrogen-bond acceptors (Lipinski definition) is 14. The van der Waals surface area contributed by atoms with Gasteiger partial charge in [-0.1, -0.05) is 64.5 Å². The molecule has 7 rings (SSSR count). The van der Waals surface area contributed by atoms with Crippen LogP contribution in [0.25, 0.3) is 0 Å². The third kappa shape index (κ3) is 9.73. The van der Waals surface area contributed by atoms with Gasteiger partial charge in [-0.25, -0.2) is 0 Å². The molecule has 7 aliphatic rings. The number of methoxy groups -OCH3 is 2. The highest BCUT2D eigenvalue weighted by Crippen LogP contribution is 2.48. The van der Waals surface area contributed by atoms with E-state index in [0.29, 0.717) is 61.5 Å². The van der Waals surface area contributed by atoms with Crippen LogP contribution in [0.1, 0.15) is 107 Å². The van der Waals surface area contributed by atoms with Crippen molar-refractivity contribution in [1.82, 2.24) is 0 Å². The molecular formula is C48H74O14. The fourth-order valence-electron chi connectivity index (χ4n) is 11.0. The average molecular weight is 875 g/mol. The van der Waals surface area contributed by atoms with Crippen LogP contribution >= 0.6 is 0 Å². The van der Waals surface area contributed by atoms with Crippen LogP contribution in [-0.4, -0.2) is 139 Å². The molecule has 6 aliphatic heterocycles. The van der Waals surface area contributed by atoms with Gasteiger partial charge >= 0.3 is 5.97 Å². The van der Waals surface area contributed by atoms with Gasteiger partial charge < -0.3 is 62.7 Å². The lowest BCUT2D eigenvalue weighted by atomic mass is 9.71. The number of rotatable bonds is 8. The first-order valence-corrected chi connectivity index (χ1v) is 23.2. The number of carbonyl (C=O) groups is 1. The molecule has 0 aromatic carbocycles. The molecule has 1 unspecified atom stereocenters. The molecule has 1 aliphatic carbocycles. The fourth-order valence-corrected chi connectivity index (χ4v) is 11.0.